The van der Waals surface area contributed by atoms with Gasteiger partial charge in [0.25, 0.3) is 17.4 Å². The number of nitrogens with zero attached hydrogens (tertiary/aromatic N) is 6. The highest BCUT2D eigenvalue weighted by atomic mass is 35.5. The number of rotatable bonds is 9. The van der Waals surface area contributed by atoms with Gasteiger partial charge in [-0.2, -0.15) is 5.01 Å². The van der Waals surface area contributed by atoms with Gasteiger partial charge in [-0.05, 0) is 71.0 Å². The molecule has 0 radical (unpaired) electrons. The Morgan fingerprint density at radius 3 is 2.31 bits per heavy atom. The second-order valence-corrected chi connectivity index (χ2v) is 16.6. The molecule has 0 spiro atoms. The van der Waals surface area contributed by atoms with Crippen molar-refractivity contribution in [3.8, 4) is 17.2 Å². The summed E-state index contributed by atoms with van der Waals surface area (Å²) in [6, 6.07) is 24.8. The molecule has 0 unspecified atom stereocenters. The molecule has 0 bridgehead atoms. The van der Waals surface area contributed by atoms with Crippen LogP contribution in [-0.2, 0) is 41.6 Å². The molecule has 15 nitrogen and oxygen atoms in total. The summed E-state index contributed by atoms with van der Waals surface area (Å²) >= 11 is 6.44. The number of nitrogens with one attached hydrogen (secondary N) is 1. The molecule has 1 saturated carbocycles. The molecule has 2 N–H and O–H groups in total. The fourth-order valence-electron chi connectivity index (χ4n) is 10.1. The molecule has 17 heteroatoms. The maximum absolute atomic E-state index is 15.6. The van der Waals surface area contributed by atoms with Crippen LogP contribution in [0.4, 0.5) is 10.1 Å². The molecule has 7 aromatic rings. The van der Waals surface area contributed by atoms with E-state index in [0.29, 0.717) is 55.0 Å². The van der Waals surface area contributed by atoms with Crippen LogP contribution < -0.4 is 31.8 Å². The second kappa shape index (κ2) is 15.1. The highest BCUT2D eigenvalue weighted by Crippen LogP contribution is 2.62. The Kier molecular flexibility index (Phi) is 9.59. The number of aromatic hydroxyl groups is 1. The van der Waals surface area contributed by atoms with E-state index in [4.69, 9.17) is 21.1 Å². The molecular weight excluding hydrogens is 845 g/mol. The van der Waals surface area contributed by atoms with Crippen molar-refractivity contribution in [2.45, 2.75) is 43.3 Å². The van der Waals surface area contributed by atoms with Gasteiger partial charge >= 0.3 is 11.4 Å². The van der Waals surface area contributed by atoms with Gasteiger partial charge in [-0.25, -0.2) is 32.9 Å². The second-order valence-electron chi connectivity index (χ2n) is 16.1. The summed E-state index contributed by atoms with van der Waals surface area (Å²) < 4.78 is 30.1. The standard InChI is InChI=1S/C47H39ClFN7O8/c1-52-37-24-40(64-3)39(63-2)23-35(37)50-34(43(52)59)19-20-53-45(61)54-21-18-32-36(56(54)46(53)62)22-33-42(58)55(51-28-14-12-27(49)13-15-28)44(60)47(33,25-8-10-26(48)11-9-25)41(32)31-16-17-38(57)30-7-5-4-6-29(30)31/h4-18,23-24,33,36,41,51,57H,19-22H2,1-3H3/t33-,36+,41-,47+/m0/s1. The number of methoxy groups -OCH3 is 2. The van der Waals surface area contributed by atoms with Gasteiger partial charge in [-0.15, -0.1) is 0 Å². The van der Waals surface area contributed by atoms with E-state index in [1.807, 2.05) is 18.2 Å². The first kappa shape index (κ1) is 40.6. The number of aryl methyl sites for hydroxylation is 2. The van der Waals surface area contributed by atoms with Crippen molar-refractivity contribution >= 4 is 50.9 Å². The highest BCUT2D eigenvalue weighted by Gasteiger charge is 2.69. The van der Waals surface area contributed by atoms with Crippen molar-refractivity contribution in [2.24, 2.45) is 13.0 Å². The minimum atomic E-state index is -1.65. The molecule has 2 fully saturated rings. The van der Waals surface area contributed by atoms with Gasteiger partial charge in [0.1, 0.15) is 17.3 Å². The zero-order chi connectivity index (χ0) is 44.8. The smallest absolute Gasteiger partial charge is 0.347 e. The average Bonchev–Trinajstić information content (AvgIpc) is 3.67. The lowest BCUT2D eigenvalue weighted by molar-refractivity contribution is -0.138. The Morgan fingerprint density at radius 1 is 0.891 bits per heavy atom. The van der Waals surface area contributed by atoms with Crippen molar-refractivity contribution in [2.75, 3.05) is 19.6 Å². The van der Waals surface area contributed by atoms with Crippen LogP contribution in [0.25, 0.3) is 21.8 Å². The van der Waals surface area contributed by atoms with E-state index in [0.717, 1.165) is 9.58 Å². The van der Waals surface area contributed by atoms with E-state index in [1.165, 1.54) is 52.4 Å². The summed E-state index contributed by atoms with van der Waals surface area (Å²) in [4.78, 5) is 77.9. The molecule has 324 valence electrons. The fraction of sp³-hybridized carbons (Fsp3) is 0.234. The number of fused-ring (bicyclic) bond motifs is 6. The number of amides is 2. The van der Waals surface area contributed by atoms with E-state index < -0.39 is 57.9 Å². The summed E-state index contributed by atoms with van der Waals surface area (Å²) in [5, 5.41) is 13.6. The van der Waals surface area contributed by atoms with Crippen molar-refractivity contribution in [1.82, 2.24) is 28.5 Å². The average molecular weight is 884 g/mol. The number of halogens is 2. The van der Waals surface area contributed by atoms with Crippen LogP contribution in [0.15, 0.2) is 123 Å². The zero-order valence-electron chi connectivity index (χ0n) is 34.6. The topological polar surface area (TPSA) is 172 Å². The minimum absolute atomic E-state index is 0.00610. The van der Waals surface area contributed by atoms with E-state index >= 15 is 9.59 Å². The van der Waals surface area contributed by atoms with E-state index in [1.54, 1.807) is 67.7 Å². The molecule has 3 aliphatic rings. The van der Waals surface area contributed by atoms with Crippen LogP contribution in [-0.4, -0.2) is 59.6 Å². The molecule has 64 heavy (non-hydrogen) atoms. The number of allylic oxidation sites excluding steroid dienone is 2. The lowest BCUT2D eigenvalue weighted by Gasteiger charge is -2.49. The Balaban J connectivity index is 1.13. The molecule has 1 saturated heterocycles. The van der Waals surface area contributed by atoms with Gasteiger partial charge in [0.05, 0.1) is 54.9 Å². The summed E-state index contributed by atoms with van der Waals surface area (Å²) in [5.74, 6) is -2.95. The van der Waals surface area contributed by atoms with E-state index in [-0.39, 0.29) is 43.1 Å². The first-order valence-electron chi connectivity index (χ1n) is 20.5. The number of aromatic nitrogens is 5. The lowest BCUT2D eigenvalue weighted by Crippen LogP contribution is -2.53. The number of carbonyl (C=O) groups excluding carboxylic acids is 2. The quantitative estimate of drug-likeness (QED) is 0.138. The summed E-state index contributed by atoms with van der Waals surface area (Å²) in [7, 11) is 4.57. The van der Waals surface area contributed by atoms with Crippen LogP contribution in [0, 0.1) is 11.7 Å². The van der Waals surface area contributed by atoms with Gasteiger partial charge < -0.3 is 19.1 Å². The number of carbonyl (C=O) groups is 2. The number of ether oxygens (including phenoxy) is 2. The number of hydrogen-bond acceptors (Lipinski definition) is 10. The van der Waals surface area contributed by atoms with Crippen molar-refractivity contribution in [3.05, 3.63) is 168 Å². The lowest BCUT2D eigenvalue weighted by atomic mass is 9.53. The van der Waals surface area contributed by atoms with Crippen molar-refractivity contribution in [1.29, 1.82) is 0 Å². The molecule has 4 heterocycles. The number of phenolic OH excluding ortho intramolecular Hbond substituents is 1. The van der Waals surface area contributed by atoms with Crippen LogP contribution in [0.3, 0.4) is 0 Å². The molecule has 2 amide bonds. The number of anilines is 1. The number of imide groups is 1. The molecule has 2 aromatic heterocycles. The summed E-state index contributed by atoms with van der Waals surface area (Å²) in [5.41, 5.74) is 2.62. The van der Waals surface area contributed by atoms with Crippen LogP contribution >= 0.6 is 11.6 Å². The Labute approximate surface area is 367 Å². The third-order valence-corrected chi connectivity index (χ3v) is 13.3. The highest BCUT2D eigenvalue weighted by molar-refractivity contribution is 6.30. The molecule has 4 atom stereocenters. The van der Waals surface area contributed by atoms with Crippen LogP contribution in [0.2, 0.25) is 5.02 Å². The Morgan fingerprint density at radius 2 is 1.59 bits per heavy atom. The number of hydrazine groups is 1. The Bertz CT molecular complexity index is 3320. The molecule has 5 aromatic carbocycles. The predicted octanol–water partition coefficient (Wildman–Crippen LogP) is 5.59. The maximum atomic E-state index is 15.6. The Hall–Kier alpha value is -7.46. The number of benzene rings is 5. The van der Waals surface area contributed by atoms with E-state index in [9.17, 15) is 23.9 Å². The van der Waals surface area contributed by atoms with E-state index in [2.05, 4.69) is 10.4 Å². The largest absolute Gasteiger partial charge is 0.507 e. The molecule has 1 aliphatic carbocycles. The van der Waals surface area contributed by atoms with Crippen molar-refractivity contribution in [3.63, 3.8) is 0 Å². The number of phenols is 1. The van der Waals surface area contributed by atoms with Crippen LogP contribution in [0.5, 0.6) is 17.2 Å². The zero-order valence-corrected chi connectivity index (χ0v) is 35.4. The molecule has 2 aliphatic heterocycles. The first-order valence-corrected chi connectivity index (χ1v) is 20.9. The SMILES string of the molecule is COc1cc2nc(CCn3c(=O)n4n(c3=O)[C@@H]3C[C@H]5C(=O)N(Nc6ccc(F)cc6)C(=O)[C@@]5(c5ccc(Cl)cc5)[C@@H](c5ccc(O)c6ccccc56)C3=CC4)c(=O)n(C)c2cc1OC. The van der Waals surface area contributed by atoms with Gasteiger partial charge in [0, 0.05) is 48.5 Å². The van der Waals surface area contributed by atoms with Gasteiger partial charge in [-0.3, -0.25) is 19.8 Å². The summed E-state index contributed by atoms with van der Waals surface area (Å²) in [6.07, 6.45) is 1.70. The van der Waals surface area contributed by atoms with Crippen LogP contribution in [0.1, 0.15) is 35.2 Å². The maximum Gasteiger partial charge on any atom is 0.347 e. The first-order chi connectivity index (χ1) is 30.9. The minimum Gasteiger partial charge on any atom is -0.507 e. The van der Waals surface area contributed by atoms with Gasteiger partial charge in [0.2, 0.25) is 0 Å². The molecular formula is C47H39ClFN7O8. The summed E-state index contributed by atoms with van der Waals surface area (Å²) in [6.45, 7) is -0.247. The van der Waals surface area contributed by atoms with Gasteiger partial charge in [0.15, 0.2) is 11.5 Å². The third kappa shape index (κ3) is 5.92. The number of hydrogen-bond donors (Lipinski definition) is 2. The normalized spacial score (nSPS) is 20.2. The predicted molar refractivity (Wildman–Crippen MR) is 235 cm³/mol. The van der Waals surface area contributed by atoms with Crippen molar-refractivity contribution < 1.29 is 28.6 Å². The monoisotopic (exact) mass is 883 g/mol. The van der Waals surface area contributed by atoms with Gasteiger partial charge in [-0.1, -0.05) is 60.1 Å². The molecule has 10 rings (SSSR count). The fourth-order valence-corrected chi connectivity index (χ4v) is 10.3. The third-order valence-electron chi connectivity index (χ3n) is 13.1.